The Kier molecular flexibility index (Phi) is 2.92. The van der Waals surface area contributed by atoms with Gasteiger partial charge in [-0.05, 0) is 6.92 Å². The van der Waals surface area contributed by atoms with Crippen LogP contribution >= 0.6 is 11.3 Å². The van der Waals surface area contributed by atoms with Crippen molar-refractivity contribution in [1.29, 1.82) is 0 Å². The van der Waals surface area contributed by atoms with E-state index in [0.717, 1.165) is 6.92 Å². The van der Waals surface area contributed by atoms with Gasteiger partial charge in [0.25, 0.3) is 0 Å². The molecule has 0 atom stereocenters. The zero-order valence-electron chi connectivity index (χ0n) is 7.60. The fourth-order valence-electron chi connectivity index (χ4n) is 0.910. The molecule has 0 aliphatic heterocycles. The van der Waals surface area contributed by atoms with Gasteiger partial charge in [-0.3, -0.25) is 0 Å². The summed E-state index contributed by atoms with van der Waals surface area (Å²) < 4.78 is 62.2. The van der Waals surface area contributed by atoms with E-state index >= 15 is 0 Å². The predicted octanol–water partition coefficient (Wildman–Crippen LogP) is 2.65. The smallest absolute Gasteiger partial charge is 0.443 e. The van der Waals surface area contributed by atoms with Gasteiger partial charge in [0.2, 0.25) is 0 Å². The third kappa shape index (κ3) is 2.13. The van der Waals surface area contributed by atoms with Crippen molar-refractivity contribution in [3.63, 3.8) is 0 Å². The van der Waals surface area contributed by atoms with Gasteiger partial charge in [0, 0.05) is 4.88 Å². The molecule has 0 fully saturated rings. The van der Waals surface area contributed by atoms with Gasteiger partial charge in [0.05, 0.1) is 0 Å². The van der Waals surface area contributed by atoms with Crippen LogP contribution in [0.2, 0.25) is 0 Å². The first-order valence-electron chi connectivity index (χ1n) is 3.73. The molecule has 1 rings (SSSR count). The Labute approximate surface area is 89.5 Å². The second-order valence-electron chi connectivity index (χ2n) is 2.80. The van der Waals surface area contributed by atoms with E-state index in [-0.39, 0.29) is 11.3 Å². The Balaban J connectivity index is 3.28. The van der Waals surface area contributed by atoms with Crippen LogP contribution in [0.15, 0.2) is 0 Å². The molecule has 0 aliphatic rings. The summed E-state index contributed by atoms with van der Waals surface area (Å²) in [7, 11) is 0. The molecule has 0 aromatic carbocycles. The SMILES string of the molecule is Cc1sc(C(F)(F)F)nc1C(F)(F)C(=O)O. The molecule has 0 saturated carbocycles. The number of hydrogen-bond donors (Lipinski definition) is 1. The topological polar surface area (TPSA) is 50.2 Å². The maximum atomic E-state index is 12.9. The van der Waals surface area contributed by atoms with Crippen LogP contribution in [-0.2, 0) is 16.9 Å². The van der Waals surface area contributed by atoms with Gasteiger partial charge in [-0.2, -0.15) is 22.0 Å². The van der Waals surface area contributed by atoms with Gasteiger partial charge in [-0.1, -0.05) is 0 Å². The Morgan fingerprint density at radius 1 is 1.31 bits per heavy atom. The van der Waals surface area contributed by atoms with Gasteiger partial charge in [-0.15, -0.1) is 11.3 Å². The Morgan fingerprint density at radius 2 is 1.81 bits per heavy atom. The van der Waals surface area contributed by atoms with Crippen molar-refractivity contribution in [2.45, 2.75) is 19.0 Å². The van der Waals surface area contributed by atoms with Crippen molar-refractivity contribution in [3.05, 3.63) is 15.6 Å². The summed E-state index contributed by atoms with van der Waals surface area (Å²) in [6, 6.07) is 0. The number of aryl methyl sites for hydroxylation is 1. The quantitative estimate of drug-likeness (QED) is 0.832. The standard InChI is InChI=1S/C7H4F5NO2S/c1-2-3(6(8,9)5(14)15)13-4(16-2)7(10,11)12/h1H3,(H,14,15). The molecule has 0 aliphatic carbocycles. The highest BCUT2D eigenvalue weighted by Crippen LogP contribution is 2.39. The van der Waals surface area contributed by atoms with Crippen LogP contribution in [0, 0.1) is 6.92 Å². The average Bonchev–Trinajstić information content (AvgIpc) is 2.46. The summed E-state index contributed by atoms with van der Waals surface area (Å²) in [5.41, 5.74) is -1.36. The first kappa shape index (κ1) is 12.8. The Bertz CT molecular complexity index is 425. The summed E-state index contributed by atoms with van der Waals surface area (Å²) in [6.07, 6.45) is -4.86. The summed E-state index contributed by atoms with van der Waals surface area (Å²) in [5, 5.41) is 6.68. The van der Waals surface area contributed by atoms with Crippen molar-refractivity contribution in [2.24, 2.45) is 0 Å². The number of halogens is 5. The van der Waals surface area contributed by atoms with E-state index in [4.69, 9.17) is 5.11 Å². The maximum Gasteiger partial charge on any atom is 0.443 e. The van der Waals surface area contributed by atoms with Gasteiger partial charge >= 0.3 is 18.1 Å². The fourth-order valence-corrected chi connectivity index (χ4v) is 1.72. The lowest BCUT2D eigenvalue weighted by Crippen LogP contribution is -2.26. The number of aromatic nitrogens is 1. The van der Waals surface area contributed by atoms with Gasteiger partial charge < -0.3 is 5.11 Å². The molecule has 0 unspecified atom stereocenters. The minimum Gasteiger partial charge on any atom is -0.476 e. The number of alkyl halides is 5. The molecular formula is C7H4F5NO2S. The lowest BCUT2D eigenvalue weighted by molar-refractivity contribution is -0.167. The molecule has 9 heteroatoms. The minimum atomic E-state index is -4.86. The maximum absolute atomic E-state index is 12.9. The molecule has 0 radical (unpaired) electrons. The lowest BCUT2D eigenvalue weighted by atomic mass is 10.2. The number of thiazole rings is 1. The third-order valence-corrected chi connectivity index (χ3v) is 2.62. The molecule has 0 bridgehead atoms. The van der Waals surface area contributed by atoms with E-state index in [1.165, 1.54) is 0 Å². The molecule has 1 aromatic rings. The molecule has 3 nitrogen and oxygen atoms in total. The zero-order valence-corrected chi connectivity index (χ0v) is 8.42. The van der Waals surface area contributed by atoms with Crippen molar-refractivity contribution in [1.82, 2.24) is 4.98 Å². The number of carbonyl (C=O) groups is 1. The van der Waals surface area contributed by atoms with Gasteiger partial charge in [0.15, 0.2) is 5.01 Å². The van der Waals surface area contributed by atoms with Crippen LogP contribution in [-0.4, -0.2) is 16.1 Å². The predicted molar refractivity (Wildman–Crippen MR) is 43.4 cm³/mol. The number of hydrogen-bond acceptors (Lipinski definition) is 3. The number of aliphatic carboxylic acids is 1. The molecule has 16 heavy (non-hydrogen) atoms. The summed E-state index contributed by atoms with van der Waals surface area (Å²) in [5.74, 6) is -6.95. The fraction of sp³-hybridized carbons (Fsp3) is 0.429. The van der Waals surface area contributed by atoms with E-state index in [0.29, 0.717) is 0 Å². The normalized spacial score (nSPS) is 12.9. The molecule has 0 saturated heterocycles. The Hall–Kier alpha value is -1.25. The van der Waals surface area contributed by atoms with Gasteiger partial charge in [0.1, 0.15) is 5.69 Å². The van der Waals surface area contributed by atoms with Crippen molar-refractivity contribution >= 4 is 17.3 Å². The largest absolute Gasteiger partial charge is 0.476 e. The van der Waals surface area contributed by atoms with Crippen molar-refractivity contribution in [3.8, 4) is 0 Å². The summed E-state index contributed by atoms with van der Waals surface area (Å²) in [4.78, 5) is 12.3. The average molecular weight is 261 g/mol. The zero-order chi connectivity index (χ0) is 12.7. The van der Waals surface area contributed by atoms with Crippen molar-refractivity contribution < 1.29 is 31.9 Å². The van der Waals surface area contributed by atoms with E-state index in [1.807, 2.05) is 0 Å². The van der Waals surface area contributed by atoms with Gasteiger partial charge in [-0.25, -0.2) is 9.78 Å². The first-order valence-corrected chi connectivity index (χ1v) is 4.54. The minimum absolute atomic E-state index is 0.0139. The number of carboxylic acids is 1. The highest BCUT2D eigenvalue weighted by molar-refractivity contribution is 7.11. The van der Waals surface area contributed by atoms with Crippen LogP contribution in [0.3, 0.4) is 0 Å². The third-order valence-electron chi connectivity index (χ3n) is 1.61. The van der Waals surface area contributed by atoms with Crippen LogP contribution in [0.5, 0.6) is 0 Å². The van der Waals surface area contributed by atoms with E-state index in [1.54, 1.807) is 0 Å². The lowest BCUT2D eigenvalue weighted by Gasteiger charge is -2.08. The molecule has 1 heterocycles. The molecule has 90 valence electrons. The van der Waals surface area contributed by atoms with Crippen molar-refractivity contribution in [2.75, 3.05) is 0 Å². The molecule has 0 spiro atoms. The highest BCUT2D eigenvalue weighted by atomic mass is 32.1. The summed E-state index contributed by atoms with van der Waals surface area (Å²) >= 11 is -0.0139. The molecule has 0 amide bonds. The van der Waals surface area contributed by atoms with Crippen LogP contribution in [0.25, 0.3) is 0 Å². The molecule has 1 aromatic heterocycles. The molecular weight excluding hydrogens is 257 g/mol. The van der Waals surface area contributed by atoms with E-state index < -0.39 is 33.6 Å². The highest BCUT2D eigenvalue weighted by Gasteiger charge is 2.47. The first-order chi connectivity index (χ1) is 7.06. The van der Waals surface area contributed by atoms with Crippen LogP contribution in [0.1, 0.15) is 15.6 Å². The number of carboxylic acid groups (broad SMARTS) is 1. The second-order valence-corrected chi connectivity index (χ2v) is 4.00. The second kappa shape index (κ2) is 3.65. The number of nitrogens with zero attached hydrogens (tertiary/aromatic N) is 1. The molecule has 1 N–H and O–H groups in total. The van der Waals surface area contributed by atoms with E-state index in [2.05, 4.69) is 4.98 Å². The summed E-state index contributed by atoms with van der Waals surface area (Å²) in [6.45, 7) is 0.957. The van der Waals surface area contributed by atoms with Crippen LogP contribution < -0.4 is 0 Å². The Morgan fingerprint density at radius 3 is 2.12 bits per heavy atom. The van der Waals surface area contributed by atoms with Crippen LogP contribution in [0.4, 0.5) is 22.0 Å². The van der Waals surface area contributed by atoms with E-state index in [9.17, 15) is 26.7 Å². The monoisotopic (exact) mass is 261 g/mol. The number of rotatable bonds is 2.